The molecule has 1 fully saturated rings. The van der Waals surface area contributed by atoms with E-state index in [1.165, 1.54) is 28.3 Å². The van der Waals surface area contributed by atoms with E-state index >= 15 is 0 Å². The molecule has 4 rings (SSSR count). The van der Waals surface area contributed by atoms with Crippen LogP contribution >= 0.6 is 0 Å². The van der Waals surface area contributed by atoms with E-state index in [0.29, 0.717) is 11.3 Å². The zero-order chi connectivity index (χ0) is 26.0. The third-order valence-corrected chi connectivity index (χ3v) is 6.81. The van der Waals surface area contributed by atoms with Crippen LogP contribution in [0.5, 0.6) is 11.5 Å². The summed E-state index contributed by atoms with van der Waals surface area (Å²) in [6.45, 7) is 8.00. The van der Waals surface area contributed by atoms with Crippen molar-refractivity contribution in [3.8, 4) is 11.5 Å². The van der Waals surface area contributed by atoms with Gasteiger partial charge in [0.2, 0.25) is 5.91 Å². The number of benzene rings is 2. The van der Waals surface area contributed by atoms with Crippen molar-refractivity contribution < 1.29 is 27.4 Å². The van der Waals surface area contributed by atoms with E-state index in [0.717, 1.165) is 38.5 Å². The van der Waals surface area contributed by atoms with Gasteiger partial charge in [0.15, 0.2) is 0 Å². The highest BCUT2D eigenvalue weighted by molar-refractivity contribution is 5.79. The molecule has 0 spiro atoms. The van der Waals surface area contributed by atoms with Crippen LogP contribution in [-0.2, 0) is 24.0 Å². The first kappa shape index (κ1) is 26.1. The molecular weight excluding hydrogens is 469 g/mol. The topological polar surface area (TPSA) is 50.8 Å². The van der Waals surface area contributed by atoms with Gasteiger partial charge in [-0.1, -0.05) is 17.7 Å². The average Bonchev–Trinajstić information content (AvgIpc) is 2.80. The van der Waals surface area contributed by atoms with Gasteiger partial charge in [-0.05, 0) is 80.1 Å². The summed E-state index contributed by atoms with van der Waals surface area (Å²) in [6.07, 6.45) is -3.04. The Bertz CT molecular complexity index is 1150. The van der Waals surface area contributed by atoms with Crippen LogP contribution in [0.25, 0.3) is 5.57 Å². The number of amides is 1. The molecular formula is C28H33F3N2O3. The predicted octanol–water partition coefficient (Wildman–Crippen LogP) is 5.47. The van der Waals surface area contributed by atoms with Crippen LogP contribution in [0.2, 0.25) is 0 Å². The summed E-state index contributed by atoms with van der Waals surface area (Å²) in [6, 6.07) is 9.95. The van der Waals surface area contributed by atoms with Crippen LogP contribution in [0.1, 0.15) is 49.4 Å². The van der Waals surface area contributed by atoms with E-state index in [-0.39, 0.29) is 30.3 Å². The van der Waals surface area contributed by atoms with Gasteiger partial charge in [-0.25, -0.2) is 0 Å². The third kappa shape index (κ3) is 5.86. The van der Waals surface area contributed by atoms with Gasteiger partial charge in [0.05, 0.1) is 17.6 Å². The standard InChI is InChI=1S/C28H33F3N2O3/c1-17(2)36-26-10-5-19(11-25(26)28(29,30)31)16-35-23-8-9-24-18(3)21(7-6-20(24)12-23)13-33-14-22(15-33)27(34)32-4/h5,8-12,17,22H,6-7,13-16H2,1-4H3,(H,32,34). The Morgan fingerprint density at radius 1 is 1.14 bits per heavy atom. The highest BCUT2D eigenvalue weighted by atomic mass is 19.4. The van der Waals surface area contributed by atoms with Crippen molar-refractivity contribution in [3.05, 3.63) is 64.2 Å². The molecule has 2 aliphatic rings. The lowest BCUT2D eigenvalue weighted by atomic mass is 9.85. The molecule has 194 valence electrons. The van der Waals surface area contributed by atoms with Gasteiger partial charge < -0.3 is 14.8 Å². The molecule has 0 aromatic heterocycles. The maximum atomic E-state index is 13.5. The first-order valence-corrected chi connectivity index (χ1v) is 12.3. The molecule has 2 aromatic rings. The second-order valence-electron chi connectivity index (χ2n) is 9.84. The van der Waals surface area contributed by atoms with E-state index in [4.69, 9.17) is 9.47 Å². The Hall–Kier alpha value is -3.00. The average molecular weight is 503 g/mol. The van der Waals surface area contributed by atoms with Crippen LogP contribution in [0.15, 0.2) is 42.0 Å². The molecule has 2 aromatic carbocycles. The van der Waals surface area contributed by atoms with Crippen LogP contribution in [0.3, 0.4) is 0 Å². The summed E-state index contributed by atoms with van der Waals surface area (Å²) in [5.74, 6) is 0.651. The molecule has 0 bridgehead atoms. The Balaban J connectivity index is 1.41. The molecule has 1 amide bonds. The number of halogens is 3. The lowest BCUT2D eigenvalue weighted by molar-refractivity contribution is -0.139. The molecule has 0 unspecified atom stereocenters. The Kier molecular flexibility index (Phi) is 7.64. The summed E-state index contributed by atoms with van der Waals surface area (Å²) < 4.78 is 51.8. The molecule has 0 atom stereocenters. The van der Waals surface area contributed by atoms with Crippen molar-refractivity contribution in [2.75, 3.05) is 26.7 Å². The number of alkyl halides is 3. The van der Waals surface area contributed by atoms with Crippen molar-refractivity contribution in [1.29, 1.82) is 0 Å². The fourth-order valence-corrected chi connectivity index (χ4v) is 4.84. The summed E-state index contributed by atoms with van der Waals surface area (Å²) >= 11 is 0. The highest BCUT2D eigenvalue weighted by Crippen LogP contribution is 2.38. The molecule has 1 heterocycles. The zero-order valence-corrected chi connectivity index (χ0v) is 21.2. The maximum absolute atomic E-state index is 13.5. The van der Waals surface area contributed by atoms with Gasteiger partial charge >= 0.3 is 6.18 Å². The van der Waals surface area contributed by atoms with Crippen LogP contribution in [-0.4, -0.2) is 43.6 Å². The normalized spacial score (nSPS) is 16.6. The van der Waals surface area contributed by atoms with Crippen molar-refractivity contribution in [2.45, 2.75) is 52.5 Å². The van der Waals surface area contributed by atoms with Gasteiger partial charge in [-0.2, -0.15) is 13.2 Å². The number of rotatable bonds is 8. The van der Waals surface area contributed by atoms with Gasteiger partial charge in [-0.15, -0.1) is 0 Å². The minimum absolute atomic E-state index is 0.0331. The monoisotopic (exact) mass is 502 g/mol. The molecule has 1 saturated heterocycles. The van der Waals surface area contributed by atoms with E-state index in [1.54, 1.807) is 27.0 Å². The quantitative estimate of drug-likeness (QED) is 0.520. The molecule has 0 saturated carbocycles. The summed E-state index contributed by atoms with van der Waals surface area (Å²) in [4.78, 5) is 14.0. The predicted molar refractivity (Wildman–Crippen MR) is 133 cm³/mol. The number of carbonyl (C=O) groups excluding carboxylic acids is 1. The molecule has 0 radical (unpaired) electrons. The fraction of sp³-hybridized carbons (Fsp3) is 0.464. The molecule has 8 heteroatoms. The van der Waals surface area contributed by atoms with Crippen LogP contribution in [0.4, 0.5) is 13.2 Å². The molecule has 36 heavy (non-hydrogen) atoms. The van der Waals surface area contributed by atoms with Crippen LogP contribution in [0, 0.1) is 5.92 Å². The number of likely N-dealkylation sites (tertiary alicyclic amines) is 1. The van der Waals surface area contributed by atoms with E-state index in [2.05, 4.69) is 17.1 Å². The number of fused-ring (bicyclic) bond motifs is 1. The Morgan fingerprint density at radius 2 is 1.89 bits per heavy atom. The van der Waals surface area contributed by atoms with Crippen molar-refractivity contribution in [2.24, 2.45) is 5.92 Å². The zero-order valence-electron chi connectivity index (χ0n) is 21.2. The largest absolute Gasteiger partial charge is 0.490 e. The SMILES string of the molecule is CNC(=O)C1CN(CC2=C(C)c3ccc(OCc4ccc(OC(C)C)c(C(F)(F)F)c4)cc3CC2)C1. The van der Waals surface area contributed by atoms with E-state index in [1.807, 2.05) is 18.2 Å². The lowest BCUT2D eigenvalue weighted by Crippen LogP contribution is -2.53. The Labute approximate surface area is 210 Å². The maximum Gasteiger partial charge on any atom is 0.419 e. The highest BCUT2D eigenvalue weighted by Gasteiger charge is 2.35. The summed E-state index contributed by atoms with van der Waals surface area (Å²) in [5.41, 5.74) is 4.63. The van der Waals surface area contributed by atoms with Gasteiger partial charge in [0.25, 0.3) is 0 Å². The van der Waals surface area contributed by atoms with E-state index in [9.17, 15) is 18.0 Å². The van der Waals surface area contributed by atoms with Crippen molar-refractivity contribution >= 4 is 11.5 Å². The number of hydrogen-bond donors (Lipinski definition) is 1. The first-order chi connectivity index (χ1) is 17.0. The van der Waals surface area contributed by atoms with Crippen molar-refractivity contribution in [1.82, 2.24) is 10.2 Å². The number of aryl methyl sites for hydroxylation is 1. The molecule has 1 N–H and O–H groups in total. The summed E-state index contributed by atoms with van der Waals surface area (Å²) in [7, 11) is 1.67. The smallest absolute Gasteiger partial charge is 0.419 e. The van der Waals surface area contributed by atoms with Crippen molar-refractivity contribution in [3.63, 3.8) is 0 Å². The minimum Gasteiger partial charge on any atom is -0.490 e. The molecule has 5 nitrogen and oxygen atoms in total. The second kappa shape index (κ2) is 10.5. The number of ether oxygens (including phenoxy) is 2. The number of nitrogens with zero attached hydrogens (tertiary/aromatic N) is 1. The Morgan fingerprint density at radius 3 is 2.56 bits per heavy atom. The second-order valence-corrected chi connectivity index (χ2v) is 9.84. The molecule has 1 aliphatic heterocycles. The van der Waals surface area contributed by atoms with Gasteiger partial charge in [0, 0.05) is 26.7 Å². The number of allylic oxidation sites excluding steroid dienone is 1. The number of nitrogens with one attached hydrogen (secondary N) is 1. The van der Waals surface area contributed by atoms with Crippen LogP contribution < -0.4 is 14.8 Å². The van der Waals surface area contributed by atoms with Gasteiger partial charge in [0.1, 0.15) is 18.1 Å². The third-order valence-electron chi connectivity index (χ3n) is 6.81. The lowest BCUT2D eigenvalue weighted by Gasteiger charge is -2.39. The fourth-order valence-electron chi connectivity index (χ4n) is 4.84. The minimum atomic E-state index is -4.51. The number of carbonyl (C=O) groups is 1. The van der Waals surface area contributed by atoms with E-state index < -0.39 is 11.7 Å². The van der Waals surface area contributed by atoms with Gasteiger partial charge in [-0.3, -0.25) is 9.69 Å². The molecule has 1 aliphatic carbocycles. The first-order valence-electron chi connectivity index (χ1n) is 12.3. The number of hydrogen-bond acceptors (Lipinski definition) is 4. The summed E-state index contributed by atoms with van der Waals surface area (Å²) in [5, 5.41) is 2.71.